The lowest BCUT2D eigenvalue weighted by atomic mass is 10.1. The van der Waals surface area contributed by atoms with Crippen LogP contribution in [-0.2, 0) is 13.0 Å². The predicted octanol–water partition coefficient (Wildman–Crippen LogP) is 2.05. The number of benzene rings is 1. The highest BCUT2D eigenvalue weighted by molar-refractivity contribution is 5.17. The van der Waals surface area contributed by atoms with Gasteiger partial charge in [-0.3, -0.25) is 10.00 Å². The van der Waals surface area contributed by atoms with Crippen LogP contribution in [0, 0.1) is 11.6 Å². The molecule has 118 valence electrons. The summed E-state index contributed by atoms with van der Waals surface area (Å²) >= 11 is 0. The Morgan fingerprint density at radius 3 is 2.45 bits per heavy atom. The Hall–Kier alpha value is -1.79. The number of rotatable bonds is 5. The van der Waals surface area contributed by atoms with Gasteiger partial charge in [0.15, 0.2) is 11.6 Å². The molecule has 1 N–H and O–H groups in total. The van der Waals surface area contributed by atoms with Crippen molar-refractivity contribution in [3.05, 3.63) is 53.4 Å². The van der Waals surface area contributed by atoms with E-state index in [0.29, 0.717) is 6.54 Å². The monoisotopic (exact) mass is 306 g/mol. The first kappa shape index (κ1) is 15.1. The molecular weight excluding hydrogens is 286 g/mol. The van der Waals surface area contributed by atoms with E-state index >= 15 is 0 Å². The summed E-state index contributed by atoms with van der Waals surface area (Å²) in [5.74, 6) is -1.55. The van der Waals surface area contributed by atoms with Gasteiger partial charge in [0.2, 0.25) is 0 Å². The van der Waals surface area contributed by atoms with E-state index in [-0.39, 0.29) is 0 Å². The maximum atomic E-state index is 13.2. The molecule has 0 radical (unpaired) electrons. The van der Waals surface area contributed by atoms with Crippen LogP contribution in [0.15, 0.2) is 30.6 Å². The fourth-order valence-electron chi connectivity index (χ4n) is 2.77. The van der Waals surface area contributed by atoms with Crippen LogP contribution >= 0.6 is 0 Å². The summed E-state index contributed by atoms with van der Waals surface area (Å²) in [6.45, 7) is 5.60. The number of hydrogen-bond acceptors (Lipinski definition) is 3. The molecule has 1 saturated heterocycles. The highest BCUT2D eigenvalue weighted by Crippen LogP contribution is 2.13. The molecule has 0 spiro atoms. The van der Waals surface area contributed by atoms with Crippen molar-refractivity contribution < 1.29 is 8.78 Å². The average Bonchev–Trinajstić information content (AvgIpc) is 3.04. The molecule has 1 fully saturated rings. The van der Waals surface area contributed by atoms with Gasteiger partial charge in [-0.25, -0.2) is 8.78 Å². The number of H-pyrrole nitrogens is 1. The van der Waals surface area contributed by atoms with Crippen molar-refractivity contribution in [2.45, 2.75) is 13.0 Å². The molecule has 0 aliphatic carbocycles. The molecule has 2 aromatic rings. The second-order valence-electron chi connectivity index (χ2n) is 5.72. The Morgan fingerprint density at radius 2 is 1.77 bits per heavy atom. The average molecular weight is 306 g/mol. The van der Waals surface area contributed by atoms with Crippen molar-refractivity contribution in [1.29, 1.82) is 0 Å². The minimum absolute atomic E-state index is 0.673. The predicted molar refractivity (Wildman–Crippen MR) is 80.4 cm³/mol. The maximum Gasteiger partial charge on any atom is 0.159 e. The molecule has 1 aromatic heterocycles. The summed E-state index contributed by atoms with van der Waals surface area (Å²) < 4.78 is 26.1. The Balaban J connectivity index is 1.44. The molecule has 0 unspecified atom stereocenters. The highest BCUT2D eigenvalue weighted by Gasteiger charge is 2.17. The zero-order valence-electron chi connectivity index (χ0n) is 12.4. The molecule has 0 amide bonds. The molecule has 0 atom stereocenters. The van der Waals surface area contributed by atoms with Gasteiger partial charge in [0.05, 0.1) is 6.20 Å². The van der Waals surface area contributed by atoms with Crippen molar-refractivity contribution in [2.24, 2.45) is 0 Å². The Kier molecular flexibility index (Phi) is 4.80. The second-order valence-corrected chi connectivity index (χ2v) is 5.72. The van der Waals surface area contributed by atoms with Crippen LogP contribution in [-0.4, -0.2) is 52.7 Å². The largest absolute Gasteiger partial charge is 0.300 e. The number of aromatic nitrogens is 2. The third-order valence-electron chi connectivity index (χ3n) is 4.13. The number of nitrogens with one attached hydrogen (secondary N) is 1. The smallest absolute Gasteiger partial charge is 0.159 e. The summed E-state index contributed by atoms with van der Waals surface area (Å²) in [7, 11) is 0. The summed E-state index contributed by atoms with van der Waals surface area (Å²) in [5, 5.41) is 6.78. The molecule has 3 rings (SSSR count). The summed E-state index contributed by atoms with van der Waals surface area (Å²) in [6.07, 6.45) is 4.79. The Bertz CT molecular complexity index is 592. The molecule has 6 heteroatoms. The van der Waals surface area contributed by atoms with Gasteiger partial charge in [-0.2, -0.15) is 5.10 Å². The summed E-state index contributed by atoms with van der Waals surface area (Å²) in [6, 6.07) is 4.15. The normalized spacial score (nSPS) is 17.0. The lowest BCUT2D eigenvalue weighted by Crippen LogP contribution is -2.46. The fourth-order valence-corrected chi connectivity index (χ4v) is 2.77. The quantitative estimate of drug-likeness (QED) is 0.918. The van der Waals surface area contributed by atoms with E-state index in [4.69, 9.17) is 0 Å². The molecule has 0 saturated carbocycles. The van der Waals surface area contributed by atoms with Crippen molar-refractivity contribution in [1.82, 2.24) is 20.0 Å². The van der Waals surface area contributed by atoms with Gasteiger partial charge < -0.3 is 4.90 Å². The van der Waals surface area contributed by atoms with E-state index in [1.165, 1.54) is 17.7 Å². The van der Waals surface area contributed by atoms with Crippen molar-refractivity contribution in [3.63, 3.8) is 0 Å². The minimum Gasteiger partial charge on any atom is -0.300 e. The van der Waals surface area contributed by atoms with Gasteiger partial charge in [-0.05, 0) is 29.7 Å². The molecule has 1 aliphatic heterocycles. The first-order valence-electron chi connectivity index (χ1n) is 7.57. The van der Waals surface area contributed by atoms with Crippen molar-refractivity contribution >= 4 is 0 Å². The fraction of sp³-hybridized carbons (Fsp3) is 0.438. The van der Waals surface area contributed by atoms with Crippen LogP contribution in [0.1, 0.15) is 11.1 Å². The number of nitrogens with zero attached hydrogens (tertiary/aromatic N) is 3. The molecule has 22 heavy (non-hydrogen) atoms. The van der Waals surface area contributed by atoms with Crippen LogP contribution in [0.5, 0.6) is 0 Å². The van der Waals surface area contributed by atoms with Gasteiger partial charge in [0, 0.05) is 45.5 Å². The first-order chi connectivity index (χ1) is 10.7. The highest BCUT2D eigenvalue weighted by atomic mass is 19.2. The van der Waals surface area contributed by atoms with Gasteiger partial charge in [0.25, 0.3) is 0 Å². The lowest BCUT2D eigenvalue weighted by molar-refractivity contribution is 0.128. The number of hydrogen-bond donors (Lipinski definition) is 1. The van der Waals surface area contributed by atoms with E-state index in [1.54, 1.807) is 6.07 Å². The van der Waals surface area contributed by atoms with Crippen molar-refractivity contribution in [2.75, 3.05) is 32.7 Å². The molecule has 4 nitrogen and oxygen atoms in total. The Labute approximate surface area is 128 Å². The van der Waals surface area contributed by atoms with Crippen LogP contribution < -0.4 is 0 Å². The van der Waals surface area contributed by atoms with Crippen LogP contribution in [0.2, 0.25) is 0 Å². The van der Waals surface area contributed by atoms with Crippen LogP contribution in [0.4, 0.5) is 8.78 Å². The Morgan fingerprint density at radius 1 is 1.00 bits per heavy atom. The van der Waals surface area contributed by atoms with Gasteiger partial charge in [-0.1, -0.05) is 6.07 Å². The first-order valence-corrected chi connectivity index (χ1v) is 7.57. The van der Waals surface area contributed by atoms with E-state index in [2.05, 4.69) is 20.0 Å². The van der Waals surface area contributed by atoms with Crippen molar-refractivity contribution in [3.8, 4) is 0 Å². The standard InChI is InChI=1S/C16H20F2N4/c17-15-2-1-13(9-16(15)18)12-22-7-5-21(6-8-22)4-3-14-10-19-20-11-14/h1-2,9-11H,3-8,12H2,(H,19,20). The lowest BCUT2D eigenvalue weighted by Gasteiger charge is -2.34. The van der Waals surface area contributed by atoms with E-state index in [9.17, 15) is 8.78 Å². The number of piperazine rings is 1. The van der Waals surface area contributed by atoms with Gasteiger partial charge in [-0.15, -0.1) is 0 Å². The zero-order chi connectivity index (χ0) is 15.4. The molecule has 2 heterocycles. The molecule has 1 aliphatic rings. The van der Waals surface area contributed by atoms with Gasteiger partial charge >= 0.3 is 0 Å². The van der Waals surface area contributed by atoms with E-state index in [1.807, 2.05) is 12.4 Å². The molecule has 1 aromatic carbocycles. The van der Waals surface area contributed by atoms with Crippen LogP contribution in [0.25, 0.3) is 0 Å². The maximum absolute atomic E-state index is 13.2. The third kappa shape index (κ3) is 3.90. The van der Waals surface area contributed by atoms with E-state index < -0.39 is 11.6 Å². The van der Waals surface area contributed by atoms with Crippen LogP contribution in [0.3, 0.4) is 0 Å². The summed E-state index contributed by atoms with van der Waals surface area (Å²) in [4.78, 5) is 4.70. The molecule has 0 bridgehead atoms. The molecular formula is C16H20F2N4. The zero-order valence-corrected chi connectivity index (χ0v) is 12.4. The SMILES string of the molecule is Fc1ccc(CN2CCN(CCc3cn[nH]c3)CC2)cc1F. The minimum atomic E-state index is -0.784. The third-order valence-corrected chi connectivity index (χ3v) is 4.13. The summed E-state index contributed by atoms with van der Waals surface area (Å²) in [5.41, 5.74) is 2.05. The number of aromatic amines is 1. The van der Waals surface area contributed by atoms with Gasteiger partial charge in [0.1, 0.15) is 0 Å². The number of halogens is 2. The topological polar surface area (TPSA) is 35.2 Å². The second kappa shape index (κ2) is 6.98. The van der Waals surface area contributed by atoms with E-state index in [0.717, 1.165) is 44.7 Å².